The smallest absolute Gasteiger partial charge is 0.345 e. The molecule has 0 saturated heterocycles. The van der Waals surface area contributed by atoms with Gasteiger partial charge in [-0.25, -0.2) is 9.79 Å². The third-order valence-electron chi connectivity index (χ3n) is 2.12. The van der Waals surface area contributed by atoms with Gasteiger partial charge in [0.15, 0.2) is 6.29 Å². The number of hydrogen-bond donors (Lipinski definition) is 0. The molecule has 1 aromatic carbocycles. The van der Waals surface area contributed by atoms with Gasteiger partial charge in [-0.3, -0.25) is 0 Å². The monoisotopic (exact) mass is 203 g/mol. The molecule has 15 heavy (non-hydrogen) atoms. The van der Waals surface area contributed by atoms with Crippen molar-refractivity contribution in [1.82, 2.24) is 0 Å². The van der Waals surface area contributed by atoms with Gasteiger partial charge in [0.1, 0.15) is 0 Å². The zero-order valence-corrected chi connectivity index (χ0v) is 8.14. The van der Waals surface area contributed by atoms with Gasteiger partial charge in [0, 0.05) is 5.56 Å². The first-order chi connectivity index (χ1) is 7.20. The van der Waals surface area contributed by atoms with Crippen LogP contribution in [0.15, 0.2) is 29.3 Å². The Balaban J connectivity index is 2.30. The Labute approximate surface area is 86.6 Å². The Bertz CT molecular complexity index is 434. The van der Waals surface area contributed by atoms with E-state index >= 15 is 0 Å². The summed E-state index contributed by atoms with van der Waals surface area (Å²) < 4.78 is 4.87. The van der Waals surface area contributed by atoms with Crippen LogP contribution in [0.4, 0.5) is 0 Å². The number of hydrogen-bond acceptors (Lipinski definition) is 4. The van der Waals surface area contributed by atoms with Gasteiger partial charge in [-0.2, -0.15) is 0 Å². The number of esters is 1. The minimum absolute atomic E-state index is 0.220. The molecule has 0 saturated carbocycles. The van der Waals surface area contributed by atoms with Crippen molar-refractivity contribution in [3.8, 4) is 0 Å². The van der Waals surface area contributed by atoms with E-state index in [4.69, 9.17) is 4.74 Å². The topological polar surface area (TPSA) is 55.7 Å². The number of cyclic esters (lactones) is 1. The van der Waals surface area contributed by atoms with Gasteiger partial charge in [0.05, 0.1) is 0 Å². The zero-order chi connectivity index (χ0) is 10.8. The number of aryl methyl sites for hydroxylation is 1. The average molecular weight is 203 g/mol. The number of carbonyl (C=O) groups is 2. The van der Waals surface area contributed by atoms with Crippen molar-refractivity contribution in [2.45, 2.75) is 13.0 Å². The maximum absolute atomic E-state index is 11.1. The molecule has 0 aromatic heterocycles. The fourth-order valence-corrected chi connectivity index (χ4v) is 1.28. The van der Waals surface area contributed by atoms with E-state index in [0.717, 1.165) is 5.56 Å². The largest absolute Gasteiger partial charge is 0.405 e. The minimum atomic E-state index is -0.999. The molecule has 1 aromatic rings. The lowest BCUT2D eigenvalue weighted by Gasteiger charge is -1.99. The van der Waals surface area contributed by atoms with Crippen LogP contribution in [-0.2, 0) is 14.3 Å². The summed E-state index contributed by atoms with van der Waals surface area (Å²) in [5.41, 5.74) is 1.81. The molecule has 4 heteroatoms. The molecule has 0 bridgehead atoms. The lowest BCUT2D eigenvalue weighted by Crippen LogP contribution is -2.15. The van der Waals surface area contributed by atoms with Crippen molar-refractivity contribution in [3.63, 3.8) is 0 Å². The molecule has 0 aliphatic carbocycles. The Kier molecular flexibility index (Phi) is 2.33. The molecule has 1 heterocycles. The highest BCUT2D eigenvalue weighted by atomic mass is 16.6. The van der Waals surface area contributed by atoms with E-state index in [1.54, 1.807) is 12.1 Å². The molecule has 1 unspecified atom stereocenters. The second-order valence-corrected chi connectivity index (χ2v) is 3.30. The molecule has 1 aliphatic rings. The fourth-order valence-electron chi connectivity index (χ4n) is 1.28. The Hall–Kier alpha value is -1.97. The molecule has 0 fully saturated rings. The van der Waals surface area contributed by atoms with Crippen molar-refractivity contribution >= 4 is 18.2 Å². The Morgan fingerprint density at radius 2 is 2.00 bits per heavy atom. The molecular weight excluding hydrogens is 194 g/mol. The highest BCUT2D eigenvalue weighted by molar-refractivity contribution is 6.11. The van der Waals surface area contributed by atoms with Crippen LogP contribution in [0, 0.1) is 6.92 Å². The first kappa shape index (κ1) is 9.58. The van der Waals surface area contributed by atoms with Crippen molar-refractivity contribution in [2.24, 2.45) is 4.99 Å². The summed E-state index contributed by atoms with van der Waals surface area (Å²) in [5, 5.41) is 0. The second kappa shape index (κ2) is 3.65. The van der Waals surface area contributed by atoms with Gasteiger partial charge in [0.25, 0.3) is 0 Å². The van der Waals surface area contributed by atoms with Crippen LogP contribution < -0.4 is 0 Å². The molecular formula is C11H9NO3. The number of carbonyl (C=O) groups excluding carboxylic acids is 2. The van der Waals surface area contributed by atoms with Crippen molar-refractivity contribution < 1.29 is 14.3 Å². The average Bonchev–Trinajstić information content (AvgIpc) is 2.61. The second-order valence-electron chi connectivity index (χ2n) is 3.30. The fraction of sp³-hybridized carbons (Fsp3) is 0.182. The van der Waals surface area contributed by atoms with Crippen LogP contribution in [0.1, 0.15) is 11.1 Å². The standard InChI is InChI=1S/C11H9NO3/c1-7-2-4-8(5-3-7)10-12-9(6-13)11(14)15-10/h2-6,9H,1H3. The minimum Gasteiger partial charge on any atom is -0.405 e. The quantitative estimate of drug-likeness (QED) is 0.407. The van der Waals surface area contributed by atoms with E-state index in [9.17, 15) is 9.59 Å². The molecule has 0 radical (unpaired) electrons. The van der Waals surface area contributed by atoms with Gasteiger partial charge in [0.2, 0.25) is 11.9 Å². The predicted octanol–water partition coefficient (Wildman–Crippen LogP) is 0.866. The van der Waals surface area contributed by atoms with Gasteiger partial charge in [-0.1, -0.05) is 17.7 Å². The summed E-state index contributed by atoms with van der Waals surface area (Å²) >= 11 is 0. The van der Waals surface area contributed by atoms with Gasteiger partial charge >= 0.3 is 5.97 Å². The summed E-state index contributed by atoms with van der Waals surface area (Å²) in [4.78, 5) is 25.4. The van der Waals surface area contributed by atoms with E-state index in [1.807, 2.05) is 19.1 Å². The van der Waals surface area contributed by atoms with Crippen LogP contribution in [0.25, 0.3) is 0 Å². The van der Waals surface area contributed by atoms with Crippen LogP contribution >= 0.6 is 0 Å². The summed E-state index contributed by atoms with van der Waals surface area (Å²) in [5.74, 6) is -0.391. The molecule has 4 nitrogen and oxygen atoms in total. The Morgan fingerprint density at radius 1 is 1.33 bits per heavy atom. The SMILES string of the molecule is Cc1ccc(C2=NC(C=O)C(=O)O2)cc1. The maximum Gasteiger partial charge on any atom is 0.345 e. The molecule has 0 spiro atoms. The zero-order valence-electron chi connectivity index (χ0n) is 8.14. The van der Waals surface area contributed by atoms with Gasteiger partial charge in [-0.05, 0) is 19.1 Å². The van der Waals surface area contributed by atoms with Crippen molar-refractivity contribution in [1.29, 1.82) is 0 Å². The van der Waals surface area contributed by atoms with Gasteiger partial charge in [-0.15, -0.1) is 0 Å². The number of nitrogens with zero attached hydrogens (tertiary/aromatic N) is 1. The van der Waals surface area contributed by atoms with Gasteiger partial charge < -0.3 is 9.53 Å². The lowest BCUT2D eigenvalue weighted by molar-refractivity contribution is -0.136. The molecule has 76 valence electrons. The highest BCUT2D eigenvalue weighted by Gasteiger charge is 2.28. The van der Waals surface area contributed by atoms with Crippen molar-refractivity contribution in [2.75, 3.05) is 0 Å². The normalized spacial score (nSPS) is 19.7. The lowest BCUT2D eigenvalue weighted by atomic mass is 10.1. The maximum atomic E-state index is 11.1. The first-order valence-corrected chi connectivity index (χ1v) is 4.52. The predicted molar refractivity (Wildman–Crippen MR) is 53.7 cm³/mol. The summed E-state index contributed by atoms with van der Waals surface area (Å²) in [6.07, 6.45) is 0.476. The summed E-state index contributed by atoms with van der Waals surface area (Å²) in [6, 6.07) is 6.38. The van der Waals surface area contributed by atoms with Crippen LogP contribution in [0.3, 0.4) is 0 Å². The Morgan fingerprint density at radius 3 is 2.53 bits per heavy atom. The van der Waals surface area contributed by atoms with Crippen LogP contribution in [-0.4, -0.2) is 24.2 Å². The molecule has 0 N–H and O–H groups in total. The molecule has 1 atom stereocenters. The summed E-state index contributed by atoms with van der Waals surface area (Å²) in [6.45, 7) is 1.96. The van der Waals surface area contributed by atoms with E-state index in [0.29, 0.717) is 11.8 Å². The van der Waals surface area contributed by atoms with Crippen LogP contribution in [0.2, 0.25) is 0 Å². The van der Waals surface area contributed by atoms with E-state index in [2.05, 4.69) is 4.99 Å². The van der Waals surface area contributed by atoms with E-state index in [1.165, 1.54) is 0 Å². The third-order valence-corrected chi connectivity index (χ3v) is 2.12. The van der Waals surface area contributed by atoms with Crippen molar-refractivity contribution in [3.05, 3.63) is 35.4 Å². The third kappa shape index (κ3) is 1.79. The molecule has 2 rings (SSSR count). The molecule has 0 amide bonds. The van der Waals surface area contributed by atoms with E-state index < -0.39 is 12.0 Å². The first-order valence-electron chi connectivity index (χ1n) is 4.52. The van der Waals surface area contributed by atoms with Crippen LogP contribution in [0.5, 0.6) is 0 Å². The highest BCUT2D eigenvalue weighted by Crippen LogP contribution is 2.12. The van der Waals surface area contributed by atoms with E-state index in [-0.39, 0.29) is 5.90 Å². The number of aldehydes is 1. The number of ether oxygens (including phenoxy) is 1. The summed E-state index contributed by atoms with van der Waals surface area (Å²) in [7, 11) is 0. The number of aliphatic imine (C=N–C) groups is 1. The number of rotatable bonds is 2. The number of benzene rings is 1. The molecule has 1 aliphatic heterocycles.